The highest BCUT2D eigenvalue weighted by Gasteiger charge is 2.31. The first-order valence-corrected chi connectivity index (χ1v) is 8.51. The molecule has 1 aliphatic heterocycles. The highest BCUT2D eigenvalue weighted by Crippen LogP contribution is 2.27. The number of amides is 1. The van der Waals surface area contributed by atoms with E-state index in [9.17, 15) is 4.79 Å². The monoisotopic (exact) mass is 322 g/mol. The second-order valence-electron chi connectivity index (χ2n) is 6.70. The molecule has 3 heterocycles. The van der Waals surface area contributed by atoms with E-state index in [0.29, 0.717) is 0 Å². The molecule has 0 unspecified atom stereocenters. The van der Waals surface area contributed by atoms with Crippen molar-refractivity contribution < 1.29 is 4.79 Å². The van der Waals surface area contributed by atoms with E-state index in [0.717, 1.165) is 53.7 Å². The lowest BCUT2D eigenvalue weighted by Gasteiger charge is -2.25. The number of aryl methyl sites for hydroxylation is 2. The van der Waals surface area contributed by atoms with Gasteiger partial charge in [0.1, 0.15) is 0 Å². The molecule has 5 nitrogen and oxygen atoms in total. The molecular formula is C19H22N4O. The van der Waals surface area contributed by atoms with E-state index in [1.807, 2.05) is 60.1 Å². The van der Waals surface area contributed by atoms with Crippen LogP contribution in [0.3, 0.4) is 0 Å². The fourth-order valence-corrected chi connectivity index (χ4v) is 3.77. The number of rotatable bonds is 3. The number of fused-ring (bicyclic) bond motifs is 1. The van der Waals surface area contributed by atoms with Gasteiger partial charge in [-0.05, 0) is 38.3 Å². The molecule has 1 atom stereocenters. The molecule has 1 aliphatic rings. The van der Waals surface area contributed by atoms with Crippen LogP contribution in [-0.2, 0) is 6.54 Å². The fourth-order valence-electron chi connectivity index (χ4n) is 3.77. The molecule has 0 spiro atoms. The summed E-state index contributed by atoms with van der Waals surface area (Å²) in [6, 6.07) is 8.23. The number of aromatic amines is 1. The van der Waals surface area contributed by atoms with Crippen LogP contribution in [-0.4, -0.2) is 38.2 Å². The predicted molar refractivity (Wildman–Crippen MR) is 94.1 cm³/mol. The summed E-state index contributed by atoms with van der Waals surface area (Å²) in [7, 11) is 0. The number of carbonyl (C=O) groups is 1. The van der Waals surface area contributed by atoms with Crippen molar-refractivity contribution in [2.75, 3.05) is 6.54 Å². The average Bonchev–Trinajstić information content (AvgIpc) is 3.25. The van der Waals surface area contributed by atoms with Gasteiger partial charge < -0.3 is 9.88 Å². The Morgan fingerprint density at radius 3 is 2.96 bits per heavy atom. The second-order valence-corrected chi connectivity index (χ2v) is 6.70. The molecule has 0 bridgehead atoms. The lowest BCUT2D eigenvalue weighted by Crippen LogP contribution is -2.38. The molecule has 0 radical (unpaired) electrons. The van der Waals surface area contributed by atoms with Crippen molar-refractivity contribution in [1.29, 1.82) is 0 Å². The van der Waals surface area contributed by atoms with Gasteiger partial charge in [0.25, 0.3) is 5.91 Å². The molecule has 0 aliphatic carbocycles. The van der Waals surface area contributed by atoms with Crippen LogP contribution in [0.25, 0.3) is 10.9 Å². The summed E-state index contributed by atoms with van der Waals surface area (Å²) in [5.41, 5.74) is 3.94. The highest BCUT2D eigenvalue weighted by atomic mass is 16.2. The number of para-hydroxylation sites is 1. The standard InChI is InChI=1S/C19H22N4O/c1-13-10-20-22(11-13)12-15-6-5-9-23(15)19(24)18-14(2)21-17-8-4-3-7-16(17)18/h3-4,7-8,10-11,15,21H,5-6,9,12H2,1-2H3/t15-/m1/s1. The van der Waals surface area contributed by atoms with Crippen LogP contribution in [0.15, 0.2) is 36.7 Å². The van der Waals surface area contributed by atoms with Gasteiger partial charge in [0.2, 0.25) is 0 Å². The number of hydrogen-bond acceptors (Lipinski definition) is 2. The SMILES string of the molecule is Cc1cnn(C[C@H]2CCCN2C(=O)c2c(C)[nH]c3ccccc23)c1. The third-order valence-electron chi connectivity index (χ3n) is 4.91. The van der Waals surface area contributed by atoms with Crippen LogP contribution in [0, 0.1) is 13.8 Å². The van der Waals surface area contributed by atoms with Crippen LogP contribution in [0.2, 0.25) is 0 Å². The van der Waals surface area contributed by atoms with Crippen LogP contribution in [0.4, 0.5) is 0 Å². The molecule has 4 rings (SSSR count). The van der Waals surface area contributed by atoms with Gasteiger partial charge in [-0.3, -0.25) is 9.48 Å². The molecule has 5 heteroatoms. The zero-order valence-electron chi connectivity index (χ0n) is 14.1. The number of nitrogens with zero attached hydrogens (tertiary/aromatic N) is 3. The number of aromatic nitrogens is 3. The molecule has 1 saturated heterocycles. The van der Waals surface area contributed by atoms with Gasteiger partial charge in [-0.15, -0.1) is 0 Å². The van der Waals surface area contributed by atoms with E-state index in [1.165, 1.54) is 0 Å². The maximum absolute atomic E-state index is 13.2. The van der Waals surface area contributed by atoms with Crippen molar-refractivity contribution in [3.8, 4) is 0 Å². The minimum absolute atomic E-state index is 0.135. The maximum Gasteiger partial charge on any atom is 0.256 e. The number of likely N-dealkylation sites (tertiary alicyclic amines) is 1. The quantitative estimate of drug-likeness (QED) is 0.804. The van der Waals surface area contributed by atoms with Crippen LogP contribution < -0.4 is 0 Å². The largest absolute Gasteiger partial charge is 0.358 e. The summed E-state index contributed by atoms with van der Waals surface area (Å²) >= 11 is 0. The van der Waals surface area contributed by atoms with Crippen LogP contribution in [0.1, 0.15) is 34.5 Å². The van der Waals surface area contributed by atoms with E-state index < -0.39 is 0 Å². The molecule has 1 N–H and O–H groups in total. The molecule has 1 fully saturated rings. The van der Waals surface area contributed by atoms with E-state index in [-0.39, 0.29) is 11.9 Å². The highest BCUT2D eigenvalue weighted by molar-refractivity contribution is 6.08. The molecule has 1 amide bonds. The van der Waals surface area contributed by atoms with Gasteiger partial charge >= 0.3 is 0 Å². The Morgan fingerprint density at radius 1 is 1.33 bits per heavy atom. The first-order valence-electron chi connectivity index (χ1n) is 8.51. The Hall–Kier alpha value is -2.56. The average molecular weight is 322 g/mol. The number of carbonyl (C=O) groups excluding carboxylic acids is 1. The third kappa shape index (κ3) is 2.50. The molecule has 1 aromatic carbocycles. The summed E-state index contributed by atoms with van der Waals surface area (Å²) in [5, 5.41) is 5.39. The zero-order valence-corrected chi connectivity index (χ0v) is 14.1. The summed E-state index contributed by atoms with van der Waals surface area (Å²) in [6.45, 7) is 5.61. The second kappa shape index (κ2) is 5.82. The van der Waals surface area contributed by atoms with Gasteiger partial charge in [0, 0.05) is 29.3 Å². The van der Waals surface area contributed by atoms with E-state index in [1.54, 1.807) is 0 Å². The van der Waals surface area contributed by atoms with E-state index >= 15 is 0 Å². The third-order valence-corrected chi connectivity index (χ3v) is 4.91. The van der Waals surface area contributed by atoms with Gasteiger partial charge in [0.05, 0.1) is 24.3 Å². The zero-order chi connectivity index (χ0) is 16.7. The Labute approximate surface area is 141 Å². The Morgan fingerprint density at radius 2 is 2.17 bits per heavy atom. The van der Waals surface area contributed by atoms with Crippen molar-refractivity contribution in [2.24, 2.45) is 0 Å². The van der Waals surface area contributed by atoms with Crippen molar-refractivity contribution in [2.45, 2.75) is 39.3 Å². The molecule has 124 valence electrons. The van der Waals surface area contributed by atoms with Gasteiger partial charge in [-0.25, -0.2) is 0 Å². The van der Waals surface area contributed by atoms with Gasteiger partial charge in [-0.1, -0.05) is 18.2 Å². The first-order chi connectivity index (χ1) is 11.6. The van der Waals surface area contributed by atoms with Crippen molar-refractivity contribution >= 4 is 16.8 Å². The number of H-pyrrole nitrogens is 1. The number of benzene rings is 1. The van der Waals surface area contributed by atoms with Crippen molar-refractivity contribution in [1.82, 2.24) is 19.7 Å². The van der Waals surface area contributed by atoms with Gasteiger partial charge in [0.15, 0.2) is 0 Å². The Bertz CT molecular complexity index is 892. The lowest BCUT2D eigenvalue weighted by atomic mass is 10.1. The van der Waals surface area contributed by atoms with Crippen molar-refractivity contribution in [3.05, 3.63) is 53.5 Å². The minimum atomic E-state index is 0.135. The summed E-state index contributed by atoms with van der Waals surface area (Å²) in [4.78, 5) is 18.6. The predicted octanol–water partition coefficient (Wildman–Crippen LogP) is 3.29. The fraction of sp³-hybridized carbons (Fsp3) is 0.368. The number of nitrogens with one attached hydrogen (secondary N) is 1. The Kier molecular flexibility index (Phi) is 3.63. The van der Waals surface area contributed by atoms with Gasteiger partial charge in [-0.2, -0.15) is 5.10 Å². The summed E-state index contributed by atoms with van der Waals surface area (Å²) in [6.07, 6.45) is 5.99. The van der Waals surface area contributed by atoms with E-state index in [2.05, 4.69) is 10.1 Å². The molecule has 24 heavy (non-hydrogen) atoms. The van der Waals surface area contributed by atoms with Crippen LogP contribution in [0.5, 0.6) is 0 Å². The molecular weight excluding hydrogens is 300 g/mol. The summed E-state index contributed by atoms with van der Waals surface area (Å²) in [5.74, 6) is 0.135. The minimum Gasteiger partial charge on any atom is -0.358 e. The maximum atomic E-state index is 13.2. The molecule has 2 aromatic heterocycles. The first kappa shape index (κ1) is 15.0. The smallest absolute Gasteiger partial charge is 0.256 e. The Balaban J connectivity index is 1.63. The molecule has 3 aromatic rings. The topological polar surface area (TPSA) is 53.9 Å². The lowest BCUT2D eigenvalue weighted by molar-refractivity contribution is 0.0723. The van der Waals surface area contributed by atoms with Crippen LogP contribution >= 0.6 is 0 Å². The normalized spacial score (nSPS) is 17.8. The van der Waals surface area contributed by atoms with Crippen molar-refractivity contribution in [3.63, 3.8) is 0 Å². The summed E-state index contributed by atoms with van der Waals surface area (Å²) < 4.78 is 1.95. The number of hydrogen-bond donors (Lipinski definition) is 1. The molecule has 0 saturated carbocycles. The van der Waals surface area contributed by atoms with E-state index in [4.69, 9.17) is 0 Å².